The molecular formula is C50H48N4O9S5. The Bertz CT molecular complexity index is 3150. The Balaban J connectivity index is 1.16. The molecule has 0 bridgehead atoms. The minimum absolute atomic E-state index is 0.0192. The number of unbranched alkanes of at least 4 members (excludes halogenated alkanes) is 3. The van der Waals surface area contributed by atoms with E-state index in [1.54, 1.807) is 6.08 Å². The molecule has 1 aliphatic carbocycles. The van der Waals surface area contributed by atoms with Crippen LogP contribution in [0.15, 0.2) is 81.2 Å². The number of thiazole rings is 2. The van der Waals surface area contributed by atoms with Gasteiger partial charge in [-0.1, -0.05) is 79.3 Å². The molecule has 18 heteroatoms. The fourth-order valence-corrected chi connectivity index (χ4v) is 13.2. The van der Waals surface area contributed by atoms with Crippen LogP contribution in [0, 0.1) is 15.5 Å². The average Bonchev–Trinajstić information content (AvgIpc) is 4.12. The first-order valence-electron chi connectivity index (χ1n) is 22.4. The summed E-state index contributed by atoms with van der Waals surface area (Å²) in [5, 5.41) is 28.0. The van der Waals surface area contributed by atoms with Crippen LogP contribution in [0.3, 0.4) is 0 Å². The maximum Gasteiger partial charge on any atom is 0.305 e. The van der Waals surface area contributed by atoms with E-state index in [9.17, 15) is 39.0 Å². The lowest BCUT2D eigenvalue weighted by Gasteiger charge is -2.27. The number of amides is 1. The fourth-order valence-electron chi connectivity index (χ4n) is 9.05. The van der Waals surface area contributed by atoms with E-state index >= 15 is 0 Å². The molecule has 4 heterocycles. The number of aliphatic carboxylic acids is 3. The van der Waals surface area contributed by atoms with Gasteiger partial charge in [0.05, 0.1) is 11.0 Å². The van der Waals surface area contributed by atoms with Crippen molar-refractivity contribution in [1.29, 1.82) is 0 Å². The normalized spacial score (nSPS) is 18.3. The molecule has 3 aliphatic rings. The lowest BCUT2D eigenvalue weighted by molar-refractivity contribution is -0.138. The van der Waals surface area contributed by atoms with Crippen LogP contribution in [0.2, 0.25) is 0 Å². The van der Waals surface area contributed by atoms with E-state index in [1.165, 1.54) is 31.4 Å². The lowest BCUT2D eigenvalue weighted by atomic mass is 9.96. The monoisotopic (exact) mass is 1010 g/mol. The number of thioether (sulfide) groups is 2. The van der Waals surface area contributed by atoms with Crippen LogP contribution < -0.4 is 25.2 Å². The highest BCUT2D eigenvalue weighted by Crippen LogP contribution is 2.52. The molecule has 2 atom stereocenters. The second kappa shape index (κ2) is 21.8. The number of benzene rings is 3. The van der Waals surface area contributed by atoms with E-state index in [-0.39, 0.29) is 65.5 Å². The Morgan fingerprint density at radius 1 is 0.721 bits per heavy atom. The van der Waals surface area contributed by atoms with Crippen molar-refractivity contribution in [3.8, 4) is 0 Å². The summed E-state index contributed by atoms with van der Waals surface area (Å²) in [7, 11) is 0. The maximum atomic E-state index is 14.5. The Morgan fingerprint density at radius 3 is 2.03 bits per heavy atom. The molecule has 0 spiro atoms. The standard InChI is InChI=1S/C50H48N4O9S5/c1-65-34-21-16-31(17-22-34)13-12-30-14-19-33(20-15-30)54-37-9-7-8-35(37)36-28-32(18-23-38(36)54)29-39-45(61)52(27-24-42(59)60)48(66-39)43-46(62)51(25-6-4-11-41(57)58)49(67-43)44-47(63)53(50(64)68-44)26-5-2-3-10-40(55)56/h1,12-23,28-29,35,37H,2-11,24-27H2,(H,55,56)(H,57,58)(H,59,60)/b13-12?,39-29-,48-43+,49-44+. The Labute approximate surface area is 413 Å². The van der Waals surface area contributed by atoms with Gasteiger partial charge in [0.1, 0.15) is 23.1 Å². The predicted molar refractivity (Wildman–Crippen MR) is 274 cm³/mol. The molecule has 3 N–H and O–H groups in total. The highest BCUT2D eigenvalue weighted by molar-refractivity contribution is 8.30. The van der Waals surface area contributed by atoms with Crippen LogP contribution in [0.5, 0.6) is 0 Å². The van der Waals surface area contributed by atoms with E-state index < -0.39 is 34.9 Å². The Hall–Kier alpha value is -5.53. The zero-order chi connectivity index (χ0) is 48.1. The summed E-state index contributed by atoms with van der Waals surface area (Å²) in [6, 6.07) is 23.1. The van der Waals surface area contributed by atoms with Crippen molar-refractivity contribution >= 4 is 121 Å². The number of hydrogen-bond acceptors (Lipinski definition) is 12. The molecule has 13 nitrogen and oxygen atoms in total. The number of hydrogen-bond donors (Lipinski definition) is 3. The number of carboxylic acids is 3. The van der Waals surface area contributed by atoms with Crippen LogP contribution in [0.25, 0.3) is 23.1 Å². The van der Waals surface area contributed by atoms with Gasteiger partial charge in [0.15, 0.2) is 0 Å². The number of rotatable bonds is 19. The van der Waals surface area contributed by atoms with Crippen LogP contribution in [-0.2, 0) is 32.3 Å². The number of fused-ring (bicyclic) bond motifs is 3. The third-order valence-electron chi connectivity index (χ3n) is 12.3. The van der Waals surface area contributed by atoms with Gasteiger partial charge in [-0.15, -0.1) is 34.4 Å². The average molecular weight is 1010 g/mol. The highest BCUT2D eigenvalue weighted by Gasteiger charge is 2.42. The first-order chi connectivity index (χ1) is 32.8. The zero-order valence-corrected chi connectivity index (χ0v) is 40.9. The molecule has 2 fully saturated rings. The number of nitrogens with zero attached hydrogens (tertiary/aromatic N) is 4. The first kappa shape index (κ1) is 48.9. The number of thiocarbonyl (C=S) groups is 1. The number of carbonyl (C=O) groups excluding carboxylic acids is 1. The van der Waals surface area contributed by atoms with Crippen molar-refractivity contribution in [2.45, 2.75) is 101 Å². The van der Waals surface area contributed by atoms with E-state index in [4.69, 9.17) is 23.6 Å². The molecule has 2 aliphatic heterocycles. The van der Waals surface area contributed by atoms with E-state index in [0.29, 0.717) is 45.1 Å². The minimum atomic E-state index is -1.11. The van der Waals surface area contributed by atoms with Gasteiger partial charge in [-0.2, -0.15) is 0 Å². The topological polar surface area (TPSA) is 179 Å². The van der Waals surface area contributed by atoms with Crippen molar-refractivity contribution in [3.63, 3.8) is 0 Å². The smallest absolute Gasteiger partial charge is 0.305 e. The zero-order valence-electron chi connectivity index (χ0n) is 36.8. The lowest BCUT2D eigenvalue weighted by Crippen LogP contribution is -2.32. The Morgan fingerprint density at radius 2 is 1.35 bits per heavy atom. The van der Waals surface area contributed by atoms with Crippen molar-refractivity contribution in [1.82, 2.24) is 14.0 Å². The van der Waals surface area contributed by atoms with Gasteiger partial charge in [0, 0.05) is 67.0 Å². The van der Waals surface area contributed by atoms with E-state index in [1.807, 2.05) is 30.3 Å². The summed E-state index contributed by atoms with van der Waals surface area (Å²) >= 11 is 9.99. The summed E-state index contributed by atoms with van der Waals surface area (Å²) in [4.78, 5) is 82.1. The van der Waals surface area contributed by atoms with Crippen molar-refractivity contribution in [3.05, 3.63) is 134 Å². The molecule has 2 radical (unpaired) electrons. The van der Waals surface area contributed by atoms with Gasteiger partial charge in [-0.25, -0.2) is 0 Å². The van der Waals surface area contributed by atoms with Gasteiger partial charge in [0.2, 0.25) is 0 Å². The van der Waals surface area contributed by atoms with Crippen molar-refractivity contribution in [2.24, 2.45) is 0 Å². The second-order valence-electron chi connectivity index (χ2n) is 16.8. The molecule has 3 aromatic carbocycles. The summed E-state index contributed by atoms with van der Waals surface area (Å²) < 4.78 is 4.12. The highest BCUT2D eigenvalue weighted by atomic mass is 32.2. The third-order valence-corrected chi connectivity index (χ3v) is 16.9. The summed E-state index contributed by atoms with van der Waals surface area (Å²) in [6.07, 6.45) is 16.5. The SMILES string of the molecule is [CH]Sc1ccc(C=Cc2ccc(N3c4ccc(/C=c5\s/c(=c6/s/c(=C7/SC(=S)N(CCCCCC(=O)O)C7=O)n(CCCCC(=O)O)c6=O)n(CCC(=O)O)c5=O)cc4C4CCCC43)cc2)cc1. The molecule has 2 aromatic heterocycles. The van der Waals surface area contributed by atoms with Crippen LogP contribution in [0.1, 0.15) is 98.8 Å². The number of carboxylic acid groups (broad SMARTS) is 3. The largest absolute Gasteiger partial charge is 0.481 e. The van der Waals surface area contributed by atoms with Gasteiger partial charge in [-0.3, -0.25) is 42.8 Å². The first-order valence-corrected chi connectivity index (χ1v) is 26.1. The second-order valence-corrected chi connectivity index (χ2v) is 21.2. The third kappa shape index (κ3) is 10.8. The van der Waals surface area contributed by atoms with Gasteiger partial charge < -0.3 is 20.2 Å². The maximum absolute atomic E-state index is 14.5. The van der Waals surface area contributed by atoms with E-state index in [2.05, 4.69) is 53.5 Å². The Kier molecular flexibility index (Phi) is 15.7. The quantitative estimate of drug-likeness (QED) is 0.0312. The molecular weight excluding hydrogens is 961 g/mol. The van der Waals surface area contributed by atoms with Gasteiger partial charge in [-0.05, 0) is 103 Å². The summed E-state index contributed by atoms with van der Waals surface area (Å²) in [5.74, 6) is -3.09. The molecule has 1 saturated carbocycles. The predicted octanol–water partition coefficient (Wildman–Crippen LogP) is 8.31. The fraction of sp³-hybridized carbons (Fsp3) is 0.320. The molecule has 8 rings (SSSR count). The van der Waals surface area contributed by atoms with E-state index in [0.717, 1.165) is 86.7 Å². The van der Waals surface area contributed by atoms with Crippen LogP contribution in [-0.4, -0.2) is 70.1 Å². The molecule has 352 valence electrons. The summed E-state index contributed by atoms with van der Waals surface area (Å²) in [5.41, 5.74) is 5.45. The summed E-state index contributed by atoms with van der Waals surface area (Å²) in [6.45, 7) is 0.176. The van der Waals surface area contributed by atoms with Gasteiger partial charge in [0.25, 0.3) is 17.0 Å². The van der Waals surface area contributed by atoms with Crippen molar-refractivity contribution < 1.29 is 34.5 Å². The van der Waals surface area contributed by atoms with Crippen molar-refractivity contribution in [2.75, 3.05) is 11.4 Å². The number of carbonyl (C=O) groups is 4. The molecule has 68 heavy (non-hydrogen) atoms. The molecule has 1 amide bonds. The number of anilines is 2. The number of aromatic nitrogens is 2. The van der Waals surface area contributed by atoms with Crippen LogP contribution >= 0.6 is 58.4 Å². The molecule has 1 saturated heterocycles. The van der Waals surface area contributed by atoms with Gasteiger partial charge >= 0.3 is 17.9 Å². The van der Waals surface area contributed by atoms with Crippen LogP contribution in [0.4, 0.5) is 11.4 Å². The minimum Gasteiger partial charge on any atom is -0.481 e. The molecule has 2 unspecified atom stereocenters. The molecule has 5 aromatic rings.